The number of hydrogen-bond donors (Lipinski definition) is 0. The van der Waals surface area contributed by atoms with Gasteiger partial charge in [0.15, 0.2) is 6.39 Å². The Morgan fingerprint density at radius 2 is 2.29 bits per heavy atom. The Morgan fingerprint density at radius 3 is 3.00 bits per heavy atom. The van der Waals surface area contributed by atoms with Gasteiger partial charge in [0.25, 0.3) is 0 Å². The molecule has 7 heteroatoms. The molecule has 0 atom stereocenters. The molecule has 0 unspecified atom stereocenters. The van der Waals surface area contributed by atoms with Crippen molar-refractivity contribution in [1.29, 1.82) is 0 Å². The number of carbonyl (C=O) groups is 1. The van der Waals surface area contributed by atoms with Gasteiger partial charge in [-0.1, -0.05) is 0 Å². The molecule has 0 saturated carbocycles. The van der Waals surface area contributed by atoms with Crippen LogP contribution >= 0.6 is 0 Å². The van der Waals surface area contributed by atoms with E-state index in [1.807, 2.05) is 6.07 Å². The topological polar surface area (TPSA) is 71.7 Å². The van der Waals surface area contributed by atoms with Gasteiger partial charge in [0.2, 0.25) is 11.8 Å². The molecule has 0 N–H and O–H groups in total. The molecular formula is C14H16N4O3. The van der Waals surface area contributed by atoms with Crippen molar-refractivity contribution in [3.05, 3.63) is 36.7 Å². The number of pyridine rings is 1. The summed E-state index contributed by atoms with van der Waals surface area (Å²) in [5.41, 5.74) is 1.65. The minimum Gasteiger partial charge on any atom is -0.481 e. The van der Waals surface area contributed by atoms with E-state index in [0.29, 0.717) is 25.5 Å². The summed E-state index contributed by atoms with van der Waals surface area (Å²) in [5, 5.41) is 0. The Labute approximate surface area is 122 Å². The van der Waals surface area contributed by atoms with Crippen LogP contribution in [-0.2, 0) is 11.3 Å². The number of anilines is 1. The molecule has 3 rings (SSSR count). The van der Waals surface area contributed by atoms with Crippen molar-refractivity contribution < 1.29 is 13.9 Å². The van der Waals surface area contributed by atoms with Crippen molar-refractivity contribution in [3.63, 3.8) is 0 Å². The first-order valence-electron chi connectivity index (χ1n) is 6.66. The standard InChI is InChI=1S/C14H16N4O3/c1-20-13-6-12(2-3-15-13)18-5-4-17(8-14(18)19)7-11-9-21-10-16-11/h2-3,6,9-10H,4-5,7-8H2,1H3. The number of piperazine rings is 1. The van der Waals surface area contributed by atoms with E-state index in [4.69, 9.17) is 9.15 Å². The second kappa shape index (κ2) is 5.92. The molecule has 0 spiro atoms. The lowest BCUT2D eigenvalue weighted by molar-refractivity contribution is -0.121. The summed E-state index contributed by atoms with van der Waals surface area (Å²) < 4.78 is 10.0. The summed E-state index contributed by atoms with van der Waals surface area (Å²) in [6.07, 6.45) is 4.64. The molecule has 1 aliphatic heterocycles. The lowest BCUT2D eigenvalue weighted by Gasteiger charge is -2.33. The average molecular weight is 288 g/mol. The molecule has 1 saturated heterocycles. The van der Waals surface area contributed by atoms with Gasteiger partial charge in [-0.05, 0) is 6.07 Å². The van der Waals surface area contributed by atoms with Gasteiger partial charge in [-0.15, -0.1) is 0 Å². The van der Waals surface area contributed by atoms with Gasteiger partial charge < -0.3 is 14.1 Å². The Hall–Kier alpha value is -2.41. The van der Waals surface area contributed by atoms with Crippen molar-refractivity contribution in [2.45, 2.75) is 6.54 Å². The molecule has 21 heavy (non-hydrogen) atoms. The molecule has 110 valence electrons. The second-order valence-electron chi connectivity index (χ2n) is 4.79. The van der Waals surface area contributed by atoms with Crippen LogP contribution in [0.1, 0.15) is 5.69 Å². The number of methoxy groups -OCH3 is 1. The molecule has 0 radical (unpaired) electrons. The SMILES string of the molecule is COc1cc(N2CCN(Cc3cocn3)CC2=O)ccn1. The average Bonchev–Trinajstić information content (AvgIpc) is 3.00. The van der Waals surface area contributed by atoms with Gasteiger partial charge in [0.1, 0.15) is 6.26 Å². The van der Waals surface area contributed by atoms with Crippen LogP contribution in [0.3, 0.4) is 0 Å². The van der Waals surface area contributed by atoms with Crippen LogP contribution in [0.25, 0.3) is 0 Å². The number of rotatable bonds is 4. The van der Waals surface area contributed by atoms with Crippen molar-refractivity contribution in [2.75, 3.05) is 31.6 Å². The first kappa shape index (κ1) is 13.6. The summed E-state index contributed by atoms with van der Waals surface area (Å²) >= 11 is 0. The maximum absolute atomic E-state index is 12.3. The number of hydrogen-bond acceptors (Lipinski definition) is 6. The van der Waals surface area contributed by atoms with Crippen LogP contribution in [0.4, 0.5) is 5.69 Å². The van der Waals surface area contributed by atoms with Crippen LogP contribution in [0.5, 0.6) is 5.88 Å². The zero-order chi connectivity index (χ0) is 14.7. The highest BCUT2D eigenvalue weighted by molar-refractivity contribution is 5.95. The van der Waals surface area contributed by atoms with Crippen LogP contribution in [-0.4, -0.2) is 47.5 Å². The van der Waals surface area contributed by atoms with Gasteiger partial charge >= 0.3 is 0 Å². The van der Waals surface area contributed by atoms with Crippen LogP contribution in [0.15, 0.2) is 35.4 Å². The quantitative estimate of drug-likeness (QED) is 0.833. The van der Waals surface area contributed by atoms with Crippen molar-refractivity contribution in [2.24, 2.45) is 0 Å². The number of oxazole rings is 1. The second-order valence-corrected chi connectivity index (χ2v) is 4.79. The van der Waals surface area contributed by atoms with Crippen LogP contribution in [0, 0.1) is 0 Å². The number of carbonyl (C=O) groups excluding carboxylic acids is 1. The first-order valence-corrected chi connectivity index (χ1v) is 6.66. The summed E-state index contributed by atoms with van der Waals surface area (Å²) in [6.45, 7) is 2.39. The molecule has 7 nitrogen and oxygen atoms in total. The predicted molar refractivity (Wildman–Crippen MR) is 74.9 cm³/mol. The first-order chi connectivity index (χ1) is 10.3. The lowest BCUT2D eigenvalue weighted by Crippen LogP contribution is -2.50. The minimum atomic E-state index is 0.0537. The lowest BCUT2D eigenvalue weighted by atomic mass is 10.2. The van der Waals surface area contributed by atoms with Gasteiger partial charge in [0, 0.05) is 31.9 Å². The fourth-order valence-electron chi connectivity index (χ4n) is 2.35. The third-order valence-corrected chi connectivity index (χ3v) is 3.41. The fourth-order valence-corrected chi connectivity index (χ4v) is 2.35. The highest BCUT2D eigenvalue weighted by Gasteiger charge is 2.25. The van der Waals surface area contributed by atoms with Crippen molar-refractivity contribution >= 4 is 11.6 Å². The predicted octanol–water partition coefficient (Wildman–Crippen LogP) is 0.927. The largest absolute Gasteiger partial charge is 0.481 e. The molecule has 0 bridgehead atoms. The molecule has 2 aromatic rings. The number of ether oxygens (including phenoxy) is 1. The van der Waals surface area contributed by atoms with E-state index >= 15 is 0 Å². The maximum Gasteiger partial charge on any atom is 0.241 e. The smallest absolute Gasteiger partial charge is 0.241 e. The Bertz CT molecular complexity index is 614. The summed E-state index contributed by atoms with van der Waals surface area (Å²) in [4.78, 5) is 24.2. The highest BCUT2D eigenvalue weighted by atomic mass is 16.5. The Kier molecular flexibility index (Phi) is 3.83. The van der Waals surface area contributed by atoms with Gasteiger partial charge in [0.05, 0.1) is 25.0 Å². The molecule has 3 heterocycles. The van der Waals surface area contributed by atoms with E-state index in [1.165, 1.54) is 6.39 Å². The summed E-state index contributed by atoms with van der Waals surface area (Å²) in [5.74, 6) is 0.559. The van der Waals surface area contributed by atoms with Crippen LogP contribution in [0.2, 0.25) is 0 Å². The van der Waals surface area contributed by atoms with E-state index in [0.717, 1.165) is 17.9 Å². The van der Waals surface area contributed by atoms with Crippen molar-refractivity contribution in [3.8, 4) is 5.88 Å². The van der Waals surface area contributed by atoms with Gasteiger partial charge in [-0.2, -0.15) is 0 Å². The molecule has 1 amide bonds. The maximum atomic E-state index is 12.3. The number of aromatic nitrogens is 2. The van der Waals surface area contributed by atoms with Gasteiger partial charge in [-0.3, -0.25) is 9.69 Å². The van der Waals surface area contributed by atoms with Crippen LogP contribution < -0.4 is 9.64 Å². The van der Waals surface area contributed by atoms with E-state index in [1.54, 1.807) is 30.5 Å². The molecule has 0 aromatic carbocycles. The normalized spacial score (nSPS) is 16.2. The molecular weight excluding hydrogens is 272 g/mol. The zero-order valence-electron chi connectivity index (χ0n) is 11.7. The van der Waals surface area contributed by atoms with Crippen molar-refractivity contribution in [1.82, 2.24) is 14.9 Å². The molecule has 2 aromatic heterocycles. The van der Waals surface area contributed by atoms with Gasteiger partial charge in [-0.25, -0.2) is 9.97 Å². The molecule has 1 fully saturated rings. The number of amides is 1. The monoisotopic (exact) mass is 288 g/mol. The minimum absolute atomic E-state index is 0.0537. The third-order valence-electron chi connectivity index (χ3n) is 3.41. The molecule has 1 aliphatic rings. The van der Waals surface area contributed by atoms with E-state index in [-0.39, 0.29) is 5.91 Å². The fraction of sp³-hybridized carbons (Fsp3) is 0.357. The summed E-state index contributed by atoms with van der Waals surface area (Å²) in [6, 6.07) is 3.58. The van der Waals surface area contributed by atoms with E-state index in [9.17, 15) is 4.79 Å². The van der Waals surface area contributed by atoms with E-state index in [2.05, 4.69) is 14.9 Å². The Morgan fingerprint density at radius 1 is 1.38 bits per heavy atom. The molecule has 0 aliphatic carbocycles. The Balaban J connectivity index is 1.66. The third kappa shape index (κ3) is 3.03. The number of nitrogens with zero attached hydrogens (tertiary/aromatic N) is 4. The van der Waals surface area contributed by atoms with E-state index < -0.39 is 0 Å². The summed E-state index contributed by atoms with van der Waals surface area (Å²) in [7, 11) is 1.56. The highest BCUT2D eigenvalue weighted by Crippen LogP contribution is 2.21. The zero-order valence-corrected chi connectivity index (χ0v) is 11.7.